The van der Waals surface area contributed by atoms with Crippen LogP contribution in [0.5, 0.6) is 0 Å². The van der Waals surface area contributed by atoms with E-state index in [1.54, 1.807) is 24.3 Å². The van der Waals surface area contributed by atoms with Crippen LogP contribution in [0.15, 0.2) is 75.3 Å². The Balaban J connectivity index is 1.91. The second-order valence-electron chi connectivity index (χ2n) is 6.26. The standard InChI is InChI=1S/C20H17Cl2N3O4S/c1-14-4-6-19(7-5-14)30(27,28)25(17-10-15(21)9-16(22)11-17)13-20(26)24-23-12-18-3-2-8-29-18/h2-12H,13H2,1H3,(H,24,26). The molecule has 3 rings (SSSR count). The van der Waals surface area contributed by atoms with Crippen LogP contribution in [0.1, 0.15) is 11.3 Å². The highest BCUT2D eigenvalue weighted by Crippen LogP contribution is 2.29. The van der Waals surface area contributed by atoms with E-state index in [1.807, 2.05) is 6.92 Å². The summed E-state index contributed by atoms with van der Waals surface area (Å²) in [6.45, 7) is 1.30. The predicted molar refractivity (Wildman–Crippen MR) is 117 cm³/mol. The molecule has 0 aliphatic heterocycles. The number of hydrogen-bond donors (Lipinski definition) is 1. The van der Waals surface area contributed by atoms with Crippen molar-refractivity contribution in [3.05, 3.63) is 82.2 Å². The lowest BCUT2D eigenvalue weighted by molar-refractivity contribution is -0.119. The molecule has 0 unspecified atom stereocenters. The molecule has 0 saturated heterocycles. The number of amides is 1. The summed E-state index contributed by atoms with van der Waals surface area (Å²) >= 11 is 12.1. The van der Waals surface area contributed by atoms with Gasteiger partial charge in [-0.15, -0.1) is 0 Å². The van der Waals surface area contributed by atoms with Crippen LogP contribution in [-0.2, 0) is 14.8 Å². The van der Waals surface area contributed by atoms with Gasteiger partial charge in [0.05, 0.1) is 23.1 Å². The van der Waals surface area contributed by atoms with Gasteiger partial charge in [-0.05, 0) is 49.4 Å². The number of carbonyl (C=O) groups excluding carboxylic acids is 1. The average molecular weight is 466 g/mol. The number of nitrogens with one attached hydrogen (secondary N) is 1. The Hall–Kier alpha value is -2.81. The summed E-state index contributed by atoms with van der Waals surface area (Å²) in [7, 11) is -4.08. The SMILES string of the molecule is Cc1ccc(S(=O)(=O)N(CC(=O)NN=Cc2ccco2)c2cc(Cl)cc(Cl)c2)cc1. The van der Waals surface area contributed by atoms with Crippen LogP contribution in [-0.4, -0.2) is 27.1 Å². The highest BCUT2D eigenvalue weighted by Gasteiger charge is 2.27. The molecule has 0 fully saturated rings. The Morgan fingerprint density at radius 1 is 1.13 bits per heavy atom. The molecular formula is C20H17Cl2N3O4S. The van der Waals surface area contributed by atoms with Gasteiger partial charge in [-0.1, -0.05) is 40.9 Å². The van der Waals surface area contributed by atoms with Crippen molar-refractivity contribution in [2.75, 3.05) is 10.8 Å². The van der Waals surface area contributed by atoms with Gasteiger partial charge < -0.3 is 4.42 Å². The van der Waals surface area contributed by atoms with Crippen molar-refractivity contribution in [3.63, 3.8) is 0 Å². The molecule has 2 aromatic carbocycles. The van der Waals surface area contributed by atoms with Crippen LogP contribution in [0.25, 0.3) is 0 Å². The first kappa shape index (κ1) is 21.9. The minimum Gasteiger partial charge on any atom is -0.463 e. The molecule has 1 N–H and O–H groups in total. The Bertz CT molecular complexity index is 1140. The van der Waals surface area contributed by atoms with E-state index in [-0.39, 0.29) is 20.6 Å². The summed E-state index contributed by atoms with van der Waals surface area (Å²) in [6.07, 6.45) is 2.76. The molecule has 1 heterocycles. The summed E-state index contributed by atoms with van der Waals surface area (Å²) in [5.41, 5.74) is 3.33. The zero-order chi connectivity index (χ0) is 21.7. The molecule has 1 aromatic heterocycles. The van der Waals surface area contributed by atoms with E-state index >= 15 is 0 Å². The number of sulfonamides is 1. The first-order chi connectivity index (χ1) is 14.3. The maximum absolute atomic E-state index is 13.3. The maximum atomic E-state index is 13.3. The molecular weight excluding hydrogens is 449 g/mol. The van der Waals surface area contributed by atoms with E-state index in [0.29, 0.717) is 5.76 Å². The summed E-state index contributed by atoms with van der Waals surface area (Å²) < 4.78 is 32.5. The Labute approximate surface area is 184 Å². The molecule has 0 saturated carbocycles. The monoisotopic (exact) mass is 465 g/mol. The molecule has 0 bridgehead atoms. The largest absolute Gasteiger partial charge is 0.463 e. The van der Waals surface area contributed by atoms with Gasteiger partial charge in [-0.25, -0.2) is 13.8 Å². The third kappa shape index (κ3) is 5.41. The van der Waals surface area contributed by atoms with Gasteiger partial charge in [0, 0.05) is 10.0 Å². The average Bonchev–Trinajstić information content (AvgIpc) is 3.19. The van der Waals surface area contributed by atoms with E-state index in [4.69, 9.17) is 27.6 Å². The second-order valence-corrected chi connectivity index (χ2v) is 9.00. The fourth-order valence-corrected chi connectivity index (χ4v) is 4.45. The zero-order valence-electron chi connectivity index (χ0n) is 15.7. The number of aryl methyl sites for hydroxylation is 1. The lowest BCUT2D eigenvalue weighted by Gasteiger charge is -2.24. The van der Waals surface area contributed by atoms with E-state index in [0.717, 1.165) is 9.87 Å². The normalized spacial score (nSPS) is 11.6. The number of hydrogen-bond acceptors (Lipinski definition) is 5. The fraction of sp³-hybridized carbons (Fsp3) is 0.100. The van der Waals surface area contributed by atoms with E-state index in [1.165, 1.54) is 42.8 Å². The molecule has 0 atom stereocenters. The van der Waals surface area contributed by atoms with Crippen LogP contribution in [0.4, 0.5) is 5.69 Å². The Morgan fingerprint density at radius 2 is 1.80 bits per heavy atom. The van der Waals surface area contributed by atoms with Crippen LogP contribution in [0.2, 0.25) is 10.0 Å². The van der Waals surface area contributed by atoms with Gasteiger partial charge in [-0.3, -0.25) is 9.10 Å². The van der Waals surface area contributed by atoms with E-state index < -0.39 is 22.5 Å². The highest BCUT2D eigenvalue weighted by atomic mass is 35.5. The quantitative estimate of drug-likeness (QED) is 0.417. The minimum atomic E-state index is -4.08. The number of benzene rings is 2. The van der Waals surface area contributed by atoms with Gasteiger partial charge in [0.2, 0.25) is 0 Å². The van der Waals surface area contributed by atoms with Crippen molar-refractivity contribution >= 4 is 51.0 Å². The third-order valence-corrected chi connectivity index (χ3v) is 6.18. The van der Waals surface area contributed by atoms with Gasteiger partial charge in [0.25, 0.3) is 15.9 Å². The Kier molecular flexibility index (Phi) is 6.81. The summed E-state index contributed by atoms with van der Waals surface area (Å²) in [4.78, 5) is 12.5. The lowest BCUT2D eigenvalue weighted by Crippen LogP contribution is -2.39. The Morgan fingerprint density at radius 3 is 2.40 bits per heavy atom. The van der Waals surface area contributed by atoms with Crippen molar-refractivity contribution in [1.82, 2.24) is 5.43 Å². The van der Waals surface area contributed by atoms with Crippen LogP contribution >= 0.6 is 23.2 Å². The van der Waals surface area contributed by atoms with Gasteiger partial charge in [-0.2, -0.15) is 5.10 Å². The number of nitrogens with zero attached hydrogens (tertiary/aromatic N) is 2. The summed E-state index contributed by atoms with van der Waals surface area (Å²) in [5.74, 6) is -0.231. The van der Waals surface area contributed by atoms with Gasteiger partial charge in [0.1, 0.15) is 12.3 Å². The topological polar surface area (TPSA) is 92.0 Å². The van der Waals surface area contributed by atoms with Crippen LogP contribution in [0, 0.1) is 6.92 Å². The van der Waals surface area contributed by atoms with E-state index in [9.17, 15) is 13.2 Å². The molecule has 10 heteroatoms. The zero-order valence-corrected chi connectivity index (χ0v) is 18.1. The lowest BCUT2D eigenvalue weighted by atomic mass is 10.2. The summed E-state index contributed by atoms with van der Waals surface area (Å²) in [5, 5.41) is 4.24. The third-order valence-electron chi connectivity index (χ3n) is 3.96. The minimum absolute atomic E-state index is 0.0242. The molecule has 156 valence electrons. The van der Waals surface area contributed by atoms with E-state index in [2.05, 4.69) is 10.5 Å². The van der Waals surface area contributed by atoms with Crippen LogP contribution in [0.3, 0.4) is 0 Å². The van der Waals surface area contributed by atoms with Crippen molar-refractivity contribution < 1.29 is 17.6 Å². The second kappa shape index (κ2) is 9.34. The predicted octanol–water partition coefficient (Wildman–Crippen LogP) is 4.24. The number of hydrazone groups is 1. The first-order valence-corrected chi connectivity index (χ1v) is 10.9. The van der Waals surface area contributed by atoms with Crippen molar-refractivity contribution in [3.8, 4) is 0 Å². The van der Waals surface area contributed by atoms with Crippen LogP contribution < -0.4 is 9.73 Å². The molecule has 1 amide bonds. The van der Waals surface area contributed by atoms with Crippen molar-refractivity contribution in [1.29, 1.82) is 0 Å². The van der Waals surface area contributed by atoms with Gasteiger partial charge in [0.15, 0.2) is 0 Å². The smallest absolute Gasteiger partial charge is 0.264 e. The molecule has 0 spiro atoms. The number of carbonyl (C=O) groups is 1. The number of halogens is 2. The molecule has 0 aliphatic rings. The number of rotatable bonds is 7. The van der Waals surface area contributed by atoms with Crippen molar-refractivity contribution in [2.24, 2.45) is 5.10 Å². The summed E-state index contributed by atoms with van der Waals surface area (Å²) in [6, 6.07) is 13.9. The fourth-order valence-electron chi connectivity index (χ4n) is 2.53. The maximum Gasteiger partial charge on any atom is 0.264 e. The number of anilines is 1. The molecule has 7 nitrogen and oxygen atoms in total. The van der Waals surface area contributed by atoms with Gasteiger partial charge >= 0.3 is 0 Å². The highest BCUT2D eigenvalue weighted by molar-refractivity contribution is 7.92. The molecule has 0 radical (unpaired) electrons. The number of furan rings is 1. The molecule has 30 heavy (non-hydrogen) atoms. The molecule has 3 aromatic rings. The first-order valence-electron chi connectivity index (χ1n) is 8.66. The van der Waals surface area contributed by atoms with Crippen molar-refractivity contribution in [2.45, 2.75) is 11.8 Å². The molecule has 0 aliphatic carbocycles.